The topological polar surface area (TPSA) is 61.3 Å². The van der Waals surface area contributed by atoms with E-state index in [0.29, 0.717) is 30.3 Å². The SMILES string of the molecule is CCCCC(C)(F)C(=O)Oc1ccc(-c2cnc(-c3ccc(OCC(F)C(F)CCC(C)CC)cc3)nc2)cc1. The van der Waals surface area contributed by atoms with Gasteiger partial charge in [0.25, 0.3) is 0 Å². The normalized spacial score (nSPS) is 15.1. The lowest BCUT2D eigenvalue weighted by Gasteiger charge is -2.18. The van der Waals surface area contributed by atoms with Crippen molar-refractivity contribution in [1.82, 2.24) is 9.97 Å². The Hall–Kier alpha value is -3.42. The summed E-state index contributed by atoms with van der Waals surface area (Å²) in [5.41, 5.74) is 0.276. The molecule has 0 N–H and O–H groups in total. The molecule has 0 bridgehead atoms. The van der Waals surface area contributed by atoms with Gasteiger partial charge in [-0.25, -0.2) is 27.9 Å². The summed E-state index contributed by atoms with van der Waals surface area (Å²) in [5.74, 6) is 0.679. The highest BCUT2D eigenvalue weighted by atomic mass is 19.2. The molecule has 0 aliphatic carbocycles. The Labute approximate surface area is 235 Å². The number of carbonyl (C=O) groups is 1. The molecular formula is C32H39F3N2O3. The molecule has 216 valence electrons. The van der Waals surface area contributed by atoms with Crippen LogP contribution in [0.2, 0.25) is 0 Å². The lowest BCUT2D eigenvalue weighted by atomic mass is 9.99. The molecule has 1 aromatic heterocycles. The second-order valence-electron chi connectivity index (χ2n) is 10.5. The standard InChI is InChI=1S/C32H39F3N2O3/c1-5-7-18-32(4,35)31(38)40-27-15-9-23(10-16-27)25-19-36-30(37-20-25)24-11-13-26(14-12-24)39-21-29(34)28(33)17-8-22(3)6-2/h9-16,19-20,22,28-29H,5-8,17-18,21H2,1-4H3. The number of rotatable bonds is 15. The van der Waals surface area contributed by atoms with Crippen LogP contribution in [0.1, 0.15) is 66.2 Å². The van der Waals surface area contributed by atoms with E-state index in [2.05, 4.69) is 9.97 Å². The van der Waals surface area contributed by atoms with E-state index in [1.807, 2.05) is 20.8 Å². The lowest BCUT2D eigenvalue weighted by Crippen LogP contribution is -2.34. The first-order valence-electron chi connectivity index (χ1n) is 14.0. The van der Waals surface area contributed by atoms with Crippen LogP contribution in [0, 0.1) is 5.92 Å². The van der Waals surface area contributed by atoms with E-state index in [1.54, 1.807) is 60.9 Å². The van der Waals surface area contributed by atoms with Crippen LogP contribution in [0.3, 0.4) is 0 Å². The van der Waals surface area contributed by atoms with Gasteiger partial charge in [0.05, 0.1) is 0 Å². The minimum atomic E-state index is -2.03. The van der Waals surface area contributed by atoms with Gasteiger partial charge in [0.2, 0.25) is 5.67 Å². The van der Waals surface area contributed by atoms with Crippen LogP contribution in [0.4, 0.5) is 13.2 Å². The lowest BCUT2D eigenvalue weighted by molar-refractivity contribution is -0.147. The molecule has 4 atom stereocenters. The van der Waals surface area contributed by atoms with Gasteiger partial charge >= 0.3 is 5.97 Å². The molecule has 1 heterocycles. The van der Waals surface area contributed by atoms with Gasteiger partial charge in [-0.3, -0.25) is 0 Å². The molecule has 40 heavy (non-hydrogen) atoms. The van der Waals surface area contributed by atoms with Gasteiger partial charge in [0, 0.05) is 23.5 Å². The van der Waals surface area contributed by atoms with Crippen LogP contribution < -0.4 is 9.47 Å². The number of benzene rings is 2. The van der Waals surface area contributed by atoms with Crippen LogP contribution in [0.15, 0.2) is 60.9 Å². The zero-order valence-electron chi connectivity index (χ0n) is 23.7. The summed E-state index contributed by atoms with van der Waals surface area (Å²) in [4.78, 5) is 21.0. The van der Waals surface area contributed by atoms with Crippen molar-refractivity contribution in [3.05, 3.63) is 60.9 Å². The van der Waals surface area contributed by atoms with Gasteiger partial charge in [-0.15, -0.1) is 0 Å². The van der Waals surface area contributed by atoms with Gasteiger partial charge in [0.15, 0.2) is 12.0 Å². The molecule has 0 fully saturated rings. The molecule has 8 heteroatoms. The molecule has 4 unspecified atom stereocenters. The number of esters is 1. The van der Waals surface area contributed by atoms with E-state index in [1.165, 1.54) is 6.92 Å². The number of nitrogens with zero attached hydrogens (tertiary/aromatic N) is 2. The Kier molecular flexibility index (Phi) is 11.5. The minimum absolute atomic E-state index is 0.121. The molecule has 2 aromatic carbocycles. The first-order valence-corrected chi connectivity index (χ1v) is 14.0. The van der Waals surface area contributed by atoms with E-state index in [9.17, 15) is 18.0 Å². The number of hydrogen-bond acceptors (Lipinski definition) is 5. The zero-order valence-corrected chi connectivity index (χ0v) is 23.7. The number of alkyl halides is 3. The summed E-state index contributed by atoms with van der Waals surface area (Å²) in [6, 6.07) is 13.6. The summed E-state index contributed by atoms with van der Waals surface area (Å²) in [7, 11) is 0. The number of carbonyl (C=O) groups excluding carboxylic acids is 1. The highest BCUT2D eigenvalue weighted by Crippen LogP contribution is 2.27. The first kappa shape index (κ1) is 31.1. The van der Waals surface area contributed by atoms with Crippen molar-refractivity contribution >= 4 is 5.97 Å². The third-order valence-corrected chi connectivity index (χ3v) is 7.02. The maximum atomic E-state index is 14.5. The third-order valence-electron chi connectivity index (χ3n) is 7.02. The molecular weight excluding hydrogens is 517 g/mol. The average Bonchev–Trinajstić information content (AvgIpc) is 2.98. The van der Waals surface area contributed by atoms with Gasteiger partial charge in [-0.05, 0) is 80.5 Å². The van der Waals surface area contributed by atoms with Crippen LogP contribution in [-0.4, -0.2) is 40.6 Å². The van der Waals surface area contributed by atoms with Crippen molar-refractivity contribution in [3.63, 3.8) is 0 Å². The Morgan fingerprint density at radius 2 is 1.48 bits per heavy atom. The third kappa shape index (κ3) is 9.07. The molecule has 0 radical (unpaired) electrons. The highest BCUT2D eigenvalue weighted by Gasteiger charge is 2.34. The maximum absolute atomic E-state index is 14.5. The zero-order chi connectivity index (χ0) is 29.1. The van der Waals surface area contributed by atoms with Crippen LogP contribution in [0.5, 0.6) is 11.5 Å². The van der Waals surface area contributed by atoms with Gasteiger partial charge in [0.1, 0.15) is 24.3 Å². The second kappa shape index (κ2) is 14.8. The van der Waals surface area contributed by atoms with Crippen LogP contribution >= 0.6 is 0 Å². The van der Waals surface area contributed by atoms with E-state index >= 15 is 0 Å². The molecule has 3 rings (SSSR count). The van der Waals surface area contributed by atoms with E-state index in [4.69, 9.17) is 9.47 Å². The number of ether oxygens (including phenoxy) is 2. The van der Waals surface area contributed by atoms with Crippen molar-refractivity contribution in [2.45, 2.75) is 84.2 Å². The summed E-state index contributed by atoms with van der Waals surface area (Å²) < 4.78 is 53.5. The summed E-state index contributed by atoms with van der Waals surface area (Å²) in [6.07, 6.45) is 3.47. The molecule has 0 aliphatic rings. The first-order chi connectivity index (χ1) is 19.1. The number of unbranched alkanes of at least 4 members (excludes halogenated alkanes) is 1. The Morgan fingerprint density at radius 3 is 2.08 bits per heavy atom. The van der Waals surface area contributed by atoms with E-state index < -0.39 is 24.0 Å². The molecule has 5 nitrogen and oxygen atoms in total. The van der Waals surface area contributed by atoms with Crippen molar-refractivity contribution < 1.29 is 27.4 Å². The van der Waals surface area contributed by atoms with Crippen LogP contribution in [-0.2, 0) is 4.79 Å². The molecule has 0 spiro atoms. The Balaban J connectivity index is 1.54. The summed E-state index contributed by atoms with van der Waals surface area (Å²) in [6.45, 7) is 6.92. The van der Waals surface area contributed by atoms with E-state index in [-0.39, 0.29) is 25.2 Å². The van der Waals surface area contributed by atoms with Gasteiger partial charge in [-0.1, -0.05) is 45.7 Å². The van der Waals surface area contributed by atoms with Crippen molar-refractivity contribution in [3.8, 4) is 34.0 Å². The Bertz CT molecular complexity index is 1190. The quantitative estimate of drug-likeness (QED) is 0.139. The van der Waals surface area contributed by atoms with Crippen LogP contribution in [0.25, 0.3) is 22.5 Å². The largest absolute Gasteiger partial charge is 0.490 e. The predicted octanol–water partition coefficient (Wildman–Crippen LogP) is 8.52. The predicted molar refractivity (Wildman–Crippen MR) is 152 cm³/mol. The highest BCUT2D eigenvalue weighted by molar-refractivity contribution is 5.81. The Morgan fingerprint density at radius 1 is 0.875 bits per heavy atom. The molecule has 0 amide bonds. The average molecular weight is 557 g/mol. The van der Waals surface area contributed by atoms with Gasteiger partial charge < -0.3 is 9.47 Å². The summed E-state index contributed by atoms with van der Waals surface area (Å²) in [5, 5.41) is 0. The maximum Gasteiger partial charge on any atom is 0.348 e. The fraction of sp³-hybridized carbons (Fsp3) is 0.469. The molecule has 0 saturated carbocycles. The summed E-state index contributed by atoms with van der Waals surface area (Å²) >= 11 is 0. The number of hydrogen-bond donors (Lipinski definition) is 0. The van der Waals surface area contributed by atoms with Crippen molar-refractivity contribution in [1.29, 1.82) is 0 Å². The minimum Gasteiger partial charge on any atom is -0.490 e. The smallest absolute Gasteiger partial charge is 0.348 e. The number of aromatic nitrogens is 2. The van der Waals surface area contributed by atoms with E-state index in [0.717, 1.165) is 29.5 Å². The fourth-order valence-electron chi connectivity index (χ4n) is 3.98. The van der Waals surface area contributed by atoms with Crippen molar-refractivity contribution in [2.24, 2.45) is 5.92 Å². The van der Waals surface area contributed by atoms with Crippen molar-refractivity contribution in [2.75, 3.05) is 6.61 Å². The molecule has 0 saturated heterocycles. The number of halogens is 3. The fourth-order valence-corrected chi connectivity index (χ4v) is 3.98. The molecule has 0 aliphatic heterocycles. The molecule has 3 aromatic rings. The second-order valence-corrected chi connectivity index (χ2v) is 10.5. The van der Waals surface area contributed by atoms with Gasteiger partial charge in [-0.2, -0.15) is 0 Å². The monoisotopic (exact) mass is 556 g/mol.